The monoisotopic (exact) mass is 162 g/mol. The highest BCUT2D eigenvalue weighted by molar-refractivity contribution is 7.81. The fourth-order valence-corrected chi connectivity index (χ4v) is 1.22. The maximum Gasteiger partial charge on any atom is 0.141 e. The Morgan fingerprint density at radius 2 is 2.30 bits per heavy atom. The zero-order valence-electron chi connectivity index (χ0n) is 5.60. The molecule has 2 atom stereocenters. The lowest BCUT2D eigenvalue weighted by atomic mass is 9.94. The van der Waals surface area contributed by atoms with Crippen molar-refractivity contribution in [1.82, 2.24) is 0 Å². The van der Waals surface area contributed by atoms with Crippen LogP contribution in [-0.4, -0.2) is 11.0 Å². The summed E-state index contributed by atoms with van der Waals surface area (Å²) >= 11 is 4.51. The summed E-state index contributed by atoms with van der Waals surface area (Å²) in [4.78, 5) is -0.168. The van der Waals surface area contributed by atoms with Gasteiger partial charge < -0.3 is 0 Å². The van der Waals surface area contributed by atoms with Crippen molar-refractivity contribution in [3.05, 3.63) is 11.9 Å². The quantitative estimate of drug-likeness (QED) is 0.493. The number of rotatable bonds is 0. The van der Waals surface area contributed by atoms with Crippen molar-refractivity contribution < 1.29 is 8.78 Å². The van der Waals surface area contributed by atoms with Crippen molar-refractivity contribution in [3.8, 4) is 0 Å². The smallest absolute Gasteiger partial charge is 0.141 e. The van der Waals surface area contributed by atoms with Crippen LogP contribution in [0.5, 0.6) is 0 Å². The van der Waals surface area contributed by atoms with Crippen molar-refractivity contribution in [2.45, 2.75) is 19.5 Å². The second-order valence-electron chi connectivity index (χ2n) is 2.53. The van der Waals surface area contributed by atoms with Gasteiger partial charge in [-0.05, 0) is 18.4 Å². The third-order valence-corrected chi connectivity index (χ3v) is 2.07. The Morgan fingerprint density at radius 1 is 1.70 bits per heavy atom. The van der Waals surface area contributed by atoms with Crippen LogP contribution in [0.25, 0.3) is 0 Å². The molecule has 2 unspecified atom stereocenters. The minimum absolute atomic E-state index is 0.160. The van der Waals surface area contributed by atoms with E-state index in [4.69, 9.17) is 0 Å². The van der Waals surface area contributed by atoms with Crippen LogP contribution in [0.4, 0.5) is 8.78 Å². The van der Waals surface area contributed by atoms with Crippen molar-refractivity contribution in [1.29, 1.82) is 0 Å². The predicted octanol–water partition coefficient (Wildman–Crippen LogP) is 2.59. The molecule has 0 N–H and O–H groups in total. The van der Waals surface area contributed by atoms with Gasteiger partial charge in [-0.1, -0.05) is 19.1 Å². The van der Waals surface area contributed by atoms with Gasteiger partial charge in [0.2, 0.25) is 0 Å². The number of allylic oxidation sites excluding steroid dienone is 2. The maximum absolute atomic E-state index is 12.8. The summed E-state index contributed by atoms with van der Waals surface area (Å²) in [7, 11) is 0. The molecule has 0 saturated carbocycles. The van der Waals surface area contributed by atoms with E-state index in [0.717, 1.165) is 0 Å². The first-order chi connectivity index (χ1) is 4.63. The normalized spacial score (nSPS) is 33.9. The maximum atomic E-state index is 12.8. The van der Waals surface area contributed by atoms with E-state index >= 15 is 0 Å². The molecule has 0 heterocycles. The zero-order chi connectivity index (χ0) is 7.72. The third kappa shape index (κ3) is 1.24. The summed E-state index contributed by atoms with van der Waals surface area (Å²) in [6, 6.07) is 0. The predicted molar refractivity (Wildman–Crippen MR) is 40.5 cm³/mol. The van der Waals surface area contributed by atoms with Gasteiger partial charge in [0.15, 0.2) is 0 Å². The van der Waals surface area contributed by atoms with Gasteiger partial charge in [-0.3, -0.25) is 0 Å². The van der Waals surface area contributed by atoms with Crippen molar-refractivity contribution >= 4 is 17.1 Å². The molecule has 0 amide bonds. The highest BCUT2D eigenvalue weighted by atomic mass is 32.1. The standard InChI is InChI=1S/C7H8F2S/c1-4-2-3-5(8)7(10)6(4)9/h3-4,6H,2H2,1H3. The molecule has 10 heavy (non-hydrogen) atoms. The molecule has 1 rings (SSSR count). The summed E-state index contributed by atoms with van der Waals surface area (Å²) < 4.78 is 25.3. The van der Waals surface area contributed by atoms with Gasteiger partial charge in [0, 0.05) is 0 Å². The molecule has 0 aromatic rings. The summed E-state index contributed by atoms with van der Waals surface area (Å²) in [6.45, 7) is 1.72. The second kappa shape index (κ2) is 2.74. The summed E-state index contributed by atoms with van der Waals surface area (Å²) in [6.07, 6.45) is 0.538. The van der Waals surface area contributed by atoms with E-state index in [-0.39, 0.29) is 10.8 Å². The Hall–Kier alpha value is -0.310. The van der Waals surface area contributed by atoms with Crippen LogP contribution >= 0.6 is 12.2 Å². The topological polar surface area (TPSA) is 0 Å². The SMILES string of the molecule is CC1CC=C(F)C(=S)C1F. The average Bonchev–Trinajstić information content (AvgIpc) is 1.93. The van der Waals surface area contributed by atoms with Crippen LogP contribution in [-0.2, 0) is 0 Å². The molecule has 1 aliphatic carbocycles. The van der Waals surface area contributed by atoms with E-state index in [0.29, 0.717) is 6.42 Å². The first-order valence-corrected chi connectivity index (χ1v) is 3.57. The number of hydrogen-bond donors (Lipinski definition) is 0. The lowest BCUT2D eigenvalue weighted by Gasteiger charge is -2.19. The Bertz CT molecular complexity index is 186. The second-order valence-corrected chi connectivity index (χ2v) is 2.97. The molecule has 0 spiro atoms. The van der Waals surface area contributed by atoms with Crippen LogP contribution in [0, 0.1) is 5.92 Å². The molecular formula is C7H8F2S. The van der Waals surface area contributed by atoms with Crippen LogP contribution in [0.2, 0.25) is 0 Å². The minimum Gasteiger partial charge on any atom is -0.241 e. The largest absolute Gasteiger partial charge is 0.241 e. The van der Waals surface area contributed by atoms with E-state index in [2.05, 4.69) is 12.2 Å². The molecule has 0 aromatic heterocycles. The lowest BCUT2D eigenvalue weighted by Crippen LogP contribution is -2.25. The van der Waals surface area contributed by atoms with Crippen molar-refractivity contribution in [2.75, 3.05) is 0 Å². The van der Waals surface area contributed by atoms with E-state index < -0.39 is 12.0 Å². The van der Waals surface area contributed by atoms with Crippen LogP contribution in [0.3, 0.4) is 0 Å². The molecular weight excluding hydrogens is 154 g/mol. The molecule has 1 aliphatic rings. The summed E-state index contributed by atoms with van der Waals surface area (Å²) in [5.74, 6) is -0.715. The first-order valence-electron chi connectivity index (χ1n) is 3.17. The van der Waals surface area contributed by atoms with E-state index in [1.54, 1.807) is 6.92 Å². The van der Waals surface area contributed by atoms with Crippen molar-refractivity contribution in [2.24, 2.45) is 5.92 Å². The van der Waals surface area contributed by atoms with Crippen LogP contribution in [0.1, 0.15) is 13.3 Å². The third-order valence-electron chi connectivity index (χ3n) is 1.65. The number of halogens is 2. The summed E-state index contributed by atoms with van der Waals surface area (Å²) in [5, 5.41) is 0. The molecule has 0 radical (unpaired) electrons. The average molecular weight is 162 g/mol. The highest BCUT2D eigenvalue weighted by Gasteiger charge is 2.27. The number of alkyl halides is 1. The minimum atomic E-state index is -1.26. The number of thiocarbonyl (C=S) groups is 1. The molecule has 0 nitrogen and oxygen atoms in total. The molecule has 3 heteroatoms. The van der Waals surface area contributed by atoms with Crippen LogP contribution in [0.15, 0.2) is 11.9 Å². The Labute approximate surface area is 63.9 Å². The molecule has 0 bridgehead atoms. The Balaban J connectivity index is 2.81. The van der Waals surface area contributed by atoms with E-state index in [1.807, 2.05) is 0 Å². The van der Waals surface area contributed by atoms with E-state index in [9.17, 15) is 8.78 Å². The fraction of sp³-hybridized carbons (Fsp3) is 0.571. The van der Waals surface area contributed by atoms with Crippen LogP contribution < -0.4 is 0 Å². The van der Waals surface area contributed by atoms with Gasteiger partial charge in [-0.2, -0.15) is 0 Å². The highest BCUT2D eigenvalue weighted by Crippen LogP contribution is 2.24. The van der Waals surface area contributed by atoms with Gasteiger partial charge in [0.1, 0.15) is 12.0 Å². The van der Waals surface area contributed by atoms with E-state index in [1.165, 1.54) is 6.08 Å². The molecule has 0 aliphatic heterocycles. The zero-order valence-corrected chi connectivity index (χ0v) is 6.42. The number of hydrogen-bond acceptors (Lipinski definition) is 1. The van der Waals surface area contributed by atoms with Gasteiger partial charge in [0.25, 0.3) is 0 Å². The lowest BCUT2D eigenvalue weighted by molar-refractivity contribution is 0.312. The van der Waals surface area contributed by atoms with Gasteiger partial charge >= 0.3 is 0 Å². The van der Waals surface area contributed by atoms with Gasteiger partial charge in [-0.15, -0.1) is 0 Å². The Morgan fingerprint density at radius 3 is 2.80 bits per heavy atom. The van der Waals surface area contributed by atoms with Crippen molar-refractivity contribution in [3.63, 3.8) is 0 Å². The fourth-order valence-electron chi connectivity index (χ4n) is 0.900. The van der Waals surface area contributed by atoms with Gasteiger partial charge in [0.05, 0.1) is 4.86 Å². The summed E-state index contributed by atoms with van der Waals surface area (Å²) in [5.41, 5.74) is 0. The molecule has 0 saturated heterocycles. The molecule has 56 valence electrons. The first kappa shape index (κ1) is 7.79. The molecule has 0 aromatic carbocycles. The van der Waals surface area contributed by atoms with Gasteiger partial charge in [-0.25, -0.2) is 8.78 Å². The molecule has 0 fully saturated rings. The Kier molecular flexibility index (Phi) is 2.14.